The number of fused-ring (bicyclic) bond motifs is 1. The van der Waals surface area contributed by atoms with Crippen molar-refractivity contribution < 1.29 is 4.74 Å². The summed E-state index contributed by atoms with van der Waals surface area (Å²) in [6.45, 7) is 6.68. The minimum absolute atomic E-state index is 0.0114. The van der Waals surface area contributed by atoms with Gasteiger partial charge in [-0.2, -0.15) is 0 Å². The maximum atomic E-state index is 5.47. The Bertz CT molecular complexity index is 1120. The highest BCUT2D eigenvalue weighted by molar-refractivity contribution is 8.14. The monoisotopic (exact) mass is 432 g/mol. The molecular formula is C25H28N4OS. The van der Waals surface area contributed by atoms with Crippen LogP contribution in [0.4, 0.5) is 0 Å². The van der Waals surface area contributed by atoms with Gasteiger partial charge in [-0.05, 0) is 56.2 Å². The highest BCUT2D eigenvalue weighted by Gasteiger charge is 2.46. The van der Waals surface area contributed by atoms with E-state index < -0.39 is 0 Å². The molecule has 0 spiro atoms. The number of aliphatic imine (C=N–C) groups is 1. The molecule has 0 bridgehead atoms. The number of methoxy groups -OCH3 is 1. The van der Waals surface area contributed by atoms with E-state index >= 15 is 0 Å². The smallest absolute Gasteiger partial charge is 0.160 e. The van der Waals surface area contributed by atoms with Gasteiger partial charge in [0.2, 0.25) is 0 Å². The second-order valence-electron chi connectivity index (χ2n) is 8.20. The first-order valence-corrected chi connectivity index (χ1v) is 11.8. The number of aromatic nitrogens is 2. The number of amidine groups is 1. The third-order valence-electron chi connectivity index (χ3n) is 6.43. The first-order chi connectivity index (χ1) is 15.1. The summed E-state index contributed by atoms with van der Waals surface area (Å²) in [4.78, 5) is 12.4. The Morgan fingerprint density at radius 3 is 2.74 bits per heavy atom. The van der Waals surface area contributed by atoms with E-state index in [0.29, 0.717) is 6.04 Å². The van der Waals surface area contributed by atoms with Gasteiger partial charge in [-0.25, -0.2) is 0 Å². The largest absolute Gasteiger partial charge is 0.497 e. The average molecular weight is 433 g/mol. The highest BCUT2D eigenvalue weighted by atomic mass is 32.2. The van der Waals surface area contributed by atoms with Gasteiger partial charge < -0.3 is 14.2 Å². The molecule has 5 rings (SSSR count). The van der Waals surface area contributed by atoms with Crippen molar-refractivity contribution in [3.63, 3.8) is 0 Å². The van der Waals surface area contributed by atoms with Gasteiger partial charge in [-0.3, -0.25) is 9.98 Å². The fourth-order valence-corrected chi connectivity index (χ4v) is 6.26. The molecule has 0 radical (unpaired) electrons. The number of nitrogens with zero attached hydrogens (tertiary/aromatic N) is 4. The van der Waals surface area contributed by atoms with Crippen molar-refractivity contribution in [2.75, 3.05) is 12.9 Å². The Labute approximate surface area is 188 Å². The fraction of sp³-hybridized carbons (Fsp3) is 0.360. The molecule has 0 saturated carbocycles. The Morgan fingerprint density at radius 1 is 1.13 bits per heavy atom. The number of thioether (sulfide) groups is 1. The van der Waals surface area contributed by atoms with Crippen molar-refractivity contribution in [1.29, 1.82) is 0 Å². The maximum Gasteiger partial charge on any atom is 0.160 e. The predicted molar refractivity (Wildman–Crippen MR) is 127 cm³/mol. The number of ether oxygens (including phenoxy) is 1. The van der Waals surface area contributed by atoms with Gasteiger partial charge in [0.1, 0.15) is 11.8 Å². The van der Waals surface area contributed by atoms with Gasteiger partial charge in [0.15, 0.2) is 5.17 Å². The van der Waals surface area contributed by atoms with Crippen LogP contribution in [0, 0.1) is 13.8 Å². The van der Waals surface area contributed by atoms with Crippen LogP contribution in [0.15, 0.2) is 59.7 Å². The number of benzene rings is 1. The van der Waals surface area contributed by atoms with E-state index in [1.54, 1.807) is 7.11 Å². The van der Waals surface area contributed by atoms with Gasteiger partial charge in [0.05, 0.1) is 18.8 Å². The molecule has 3 aromatic rings. The van der Waals surface area contributed by atoms with Gasteiger partial charge in [0.25, 0.3) is 0 Å². The van der Waals surface area contributed by atoms with Crippen molar-refractivity contribution in [1.82, 2.24) is 14.5 Å². The summed E-state index contributed by atoms with van der Waals surface area (Å²) in [5.41, 5.74) is 5.96. The number of hydrogen-bond acceptors (Lipinski definition) is 5. The minimum atomic E-state index is 0.0114. The molecule has 2 aliphatic rings. The van der Waals surface area contributed by atoms with Gasteiger partial charge in [-0.15, -0.1) is 0 Å². The Hall–Kier alpha value is -2.73. The predicted octanol–water partition coefficient (Wildman–Crippen LogP) is 5.48. The van der Waals surface area contributed by atoms with Crippen LogP contribution in [0.5, 0.6) is 5.75 Å². The van der Waals surface area contributed by atoms with Crippen LogP contribution in [-0.4, -0.2) is 38.5 Å². The SMILES string of the molecule is CCC1CSC2=NC(c3ccccn3)C(c3cc(C)n(-c4cccc(OC)c4)c3C)N21. The molecule has 1 aromatic carbocycles. The normalized spacial score (nSPS) is 22.5. The first-order valence-electron chi connectivity index (χ1n) is 10.9. The van der Waals surface area contributed by atoms with Crippen LogP contribution in [0.1, 0.15) is 48.1 Å². The molecule has 1 fully saturated rings. The summed E-state index contributed by atoms with van der Waals surface area (Å²) in [6, 6.07) is 17.4. The molecular weight excluding hydrogens is 404 g/mol. The third-order valence-corrected chi connectivity index (χ3v) is 7.56. The average Bonchev–Trinajstić information content (AvgIpc) is 3.45. The van der Waals surface area contributed by atoms with E-state index in [0.717, 1.165) is 29.3 Å². The molecule has 4 heterocycles. The van der Waals surface area contributed by atoms with E-state index in [4.69, 9.17) is 9.73 Å². The Balaban J connectivity index is 1.63. The van der Waals surface area contributed by atoms with Crippen LogP contribution in [0.25, 0.3) is 5.69 Å². The zero-order chi connectivity index (χ0) is 21.5. The molecule has 3 atom stereocenters. The number of hydrogen-bond donors (Lipinski definition) is 0. The fourth-order valence-electron chi connectivity index (χ4n) is 4.92. The number of aryl methyl sites for hydroxylation is 1. The summed E-state index contributed by atoms with van der Waals surface area (Å²) < 4.78 is 7.80. The molecule has 5 nitrogen and oxygen atoms in total. The lowest BCUT2D eigenvalue weighted by molar-refractivity contribution is 0.254. The number of pyridine rings is 1. The van der Waals surface area contributed by atoms with E-state index in [1.165, 1.54) is 22.1 Å². The van der Waals surface area contributed by atoms with Crippen molar-refractivity contribution in [2.24, 2.45) is 4.99 Å². The topological polar surface area (TPSA) is 42.6 Å². The van der Waals surface area contributed by atoms with E-state index in [9.17, 15) is 0 Å². The quantitative estimate of drug-likeness (QED) is 0.536. The second-order valence-corrected chi connectivity index (χ2v) is 9.19. The van der Waals surface area contributed by atoms with Crippen LogP contribution in [0.2, 0.25) is 0 Å². The van der Waals surface area contributed by atoms with Crippen molar-refractivity contribution >= 4 is 16.9 Å². The molecule has 1 saturated heterocycles. The molecule has 31 heavy (non-hydrogen) atoms. The lowest BCUT2D eigenvalue weighted by atomic mass is 9.95. The molecule has 2 aromatic heterocycles. The summed E-state index contributed by atoms with van der Waals surface area (Å²) >= 11 is 1.89. The van der Waals surface area contributed by atoms with Crippen molar-refractivity contribution in [3.05, 3.63) is 77.4 Å². The van der Waals surface area contributed by atoms with Gasteiger partial charge >= 0.3 is 0 Å². The third kappa shape index (κ3) is 3.33. The molecule has 0 aliphatic carbocycles. The summed E-state index contributed by atoms with van der Waals surface area (Å²) in [6.07, 6.45) is 2.99. The molecule has 160 valence electrons. The van der Waals surface area contributed by atoms with Gasteiger partial charge in [-0.1, -0.05) is 30.8 Å². The first kappa shape index (κ1) is 20.2. The van der Waals surface area contributed by atoms with Crippen LogP contribution in [-0.2, 0) is 0 Å². The van der Waals surface area contributed by atoms with E-state index in [2.05, 4.69) is 65.6 Å². The molecule has 2 aliphatic heterocycles. The molecule has 3 unspecified atom stereocenters. The Morgan fingerprint density at radius 2 is 2.00 bits per heavy atom. The standard InChI is InChI=1S/C25H28N4OS/c1-5-18-15-31-25-27-23(22-11-6-7-12-26-22)24(29(18)25)21-13-16(2)28(17(21)3)19-9-8-10-20(14-19)30-4/h6-14,18,23-24H,5,15H2,1-4H3. The lowest BCUT2D eigenvalue weighted by Gasteiger charge is -2.32. The van der Waals surface area contributed by atoms with Gasteiger partial charge in [0, 0.05) is 41.1 Å². The summed E-state index contributed by atoms with van der Waals surface area (Å²) in [5, 5.41) is 1.17. The van der Waals surface area contributed by atoms with E-state index in [-0.39, 0.29) is 12.1 Å². The number of rotatable bonds is 5. The molecule has 0 N–H and O–H groups in total. The second kappa shape index (κ2) is 8.08. The van der Waals surface area contributed by atoms with Crippen LogP contribution >= 0.6 is 11.8 Å². The maximum absolute atomic E-state index is 5.47. The Kier molecular flexibility index (Phi) is 5.26. The zero-order valence-electron chi connectivity index (χ0n) is 18.4. The highest BCUT2D eigenvalue weighted by Crippen LogP contribution is 2.49. The van der Waals surface area contributed by atoms with Crippen LogP contribution in [0.3, 0.4) is 0 Å². The molecule has 0 amide bonds. The van der Waals surface area contributed by atoms with Crippen molar-refractivity contribution in [2.45, 2.75) is 45.3 Å². The minimum Gasteiger partial charge on any atom is -0.497 e. The molecule has 6 heteroatoms. The van der Waals surface area contributed by atoms with Crippen LogP contribution < -0.4 is 4.74 Å². The summed E-state index contributed by atoms with van der Waals surface area (Å²) in [5.74, 6) is 1.97. The van der Waals surface area contributed by atoms with Crippen molar-refractivity contribution in [3.8, 4) is 11.4 Å². The van der Waals surface area contributed by atoms with E-state index in [1.807, 2.05) is 36.2 Å². The zero-order valence-corrected chi connectivity index (χ0v) is 19.3. The summed E-state index contributed by atoms with van der Waals surface area (Å²) in [7, 11) is 1.71. The lowest BCUT2D eigenvalue weighted by Crippen LogP contribution is -2.35.